The van der Waals surface area contributed by atoms with Crippen LogP contribution in [0.1, 0.15) is 11.1 Å². The fraction of sp³-hybridized carbons (Fsp3) is 0.462. The number of rotatable bonds is 3. The van der Waals surface area contributed by atoms with Gasteiger partial charge in [-0.25, -0.2) is 0 Å². The second-order valence-corrected chi connectivity index (χ2v) is 4.53. The maximum absolute atomic E-state index is 12.9. The molecule has 110 valence electrons. The highest BCUT2D eigenvalue weighted by molar-refractivity contribution is 5.78. The van der Waals surface area contributed by atoms with Gasteiger partial charge in [0.1, 0.15) is 6.61 Å². The molecule has 1 saturated heterocycles. The van der Waals surface area contributed by atoms with Gasteiger partial charge in [0, 0.05) is 6.54 Å². The second-order valence-electron chi connectivity index (χ2n) is 4.53. The standard InChI is InChI=1S/C13H14F3NO3/c14-13(15,16)11-4-2-1-3-9(11)5-17-10(6-18)7-20-8-12(17)19/h1-4,10,18H,5-8H2. The first kappa shape index (κ1) is 14.8. The van der Waals surface area contributed by atoms with Gasteiger partial charge < -0.3 is 14.7 Å². The highest BCUT2D eigenvalue weighted by Crippen LogP contribution is 2.32. The third-order valence-corrected chi connectivity index (χ3v) is 3.17. The van der Waals surface area contributed by atoms with Crippen LogP contribution in [0.2, 0.25) is 0 Å². The van der Waals surface area contributed by atoms with Gasteiger partial charge in [0.15, 0.2) is 0 Å². The maximum Gasteiger partial charge on any atom is 0.416 e. The molecule has 1 amide bonds. The van der Waals surface area contributed by atoms with Gasteiger partial charge in [-0.3, -0.25) is 4.79 Å². The molecule has 1 fully saturated rings. The summed E-state index contributed by atoms with van der Waals surface area (Å²) in [5.41, 5.74) is -0.760. The van der Waals surface area contributed by atoms with Gasteiger partial charge in [0.2, 0.25) is 5.91 Å². The van der Waals surface area contributed by atoms with Crippen LogP contribution in [0.25, 0.3) is 0 Å². The number of alkyl halides is 3. The van der Waals surface area contributed by atoms with E-state index >= 15 is 0 Å². The summed E-state index contributed by atoms with van der Waals surface area (Å²) in [4.78, 5) is 13.0. The molecule has 1 atom stereocenters. The average molecular weight is 289 g/mol. The number of amides is 1. The molecule has 0 spiro atoms. The third-order valence-electron chi connectivity index (χ3n) is 3.17. The predicted molar refractivity (Wildman–Crippen MR) is 63.7 cm³/mol. The molecular formula is C13H14F3NO3. The Balaban J connectivity index is 2.27. The number of ether oxygens (including phenoxy) is 1. The summed E-state index contributed by atoms with van der Waals surface area (Å²) in [5.74, 6) is -0.424. The van der Waals surface area contributed by atoms with Crippen molar-refractivity contribution in [3.05, 3.63) is 35.4 Å². The lowest BCUT2D eigenvalue weighted by molar-refractivity contribution is -0.152. The van der Waals surface area contributed by atoms with Gasteiger partial charge in [0.25, 0.3) is 0 Å². The van der Waals surface area contributed by atoms with E-state index in [0.717, 1.165) is 6.07 Å². The van der Waals surface area contributed by atoms with Crippen molar-refractivity contribution in [3.63, 3.8) is 0 Å². The Labute approximate surface area is 113 Å². The zero-order chi connectivity index (χ0) is 14.8. The molecule has 1 unspecified atom stereocenters. The maximum atomic E-state index is 12.9. The number of morpholine rings is 1. The fourth-order valence-electron chi connectivity index (χ4n) is 2.15. The number of aliphatic hydroxyl groups is 1. The van der Waals surface area contributed by atoms with Crippen LogP contribution in [0.3, 0.4) is 0 Å². The Kier molecular flexibility index (Phi) is 4.29. The zero-order valence-corrected chi connectivity index (χ0v) is 10.6. The molecule has 0 aromatic heterocycles. The van der Waals surface area contributed by atoms with Crippen molar-refractivity contribution >= 4 is 5.91 Å². The first-order valence-corrected chi connectivity index (χ1v) is 6.06. The van der Waals surface area contributed by atoms with Crippen LogP contribution in [0.4, 0.5) is 13.2 Å². The molecule has 20 heavy (non-hydrogen) atoms. The minimum absolute atomic E-state index is 0.00806. The van der Waals surface area contributed by atoms with Crippen LogP contribution in [0.5, 0.6) is 0 Å². The average Bonchev–Trinajstić information content (AvgIpc) is 2.40. The van der Waals surface area contributed by atoms with E-state index in [9.17, 15) is 23.1 Å². The van der Waals surface area contributed by atoms with Gasteiger partial charge in [-0.05, 0) is 11.6 Å². The highest BCUT2D eigenvalue weighted by atomic mass is 19.4. The number of halogens is 3. The number of carbonyl (C=O) groups excluding carboxylic acids is 1. The van der Waals surface area contributed by atoms with Crippen molar-refractivity contribution in [2.45, 2.75) is 18.8 Å². The lowest BCUT2D eigenvalue weighted by Gasteiger charge is -2.34. The van der Waals surface area contributed by atoms with Crippen molar-refractivity contribution in [1.82, 2.24) is 4.90 Å². The van der Waals surface area contributed by atoms with E-state index in [2.05, 4.69) is 0 Å². The van der Waals surface area contributed by atoms with E-state index in [1.807, 2.05) is 0 Å². The summed E-state index contributed by atoms with van der Waals surface area (Å²) in [6.45, 7) is -0.593. The molecule has 0 saturated carbocycles. The van der Waals surface area contributed by atoms with Gasteiger partial charge in [0.05, 0.1) is 24.8 Å². The molecule has 0 aliphatic carbocycles. The van der Waals surface area contributed by atoms with E-state index < -0.39 is 23.7 Å². The van der Waals surface area contributed by atoms with Crippen LogP contribution in [0, 0.1) is 0 Å². The van der Waals surface area contributed by atoms with Crippen LogP contribution < -0.4 is 0 Å². The van der Waals surface area contributed by atoms with Crippen molar-refractivity contribution in [2.24, 2.45) is 0 Å². The monoisotopic (exact) mass is 289 g/mol. The van der Waals surface area contributed by atoms with Crippen LogP contribution in [-0.2, 0) is 22.3 Å². The number of aliphatic hydroxyl groups excluding tert-OH is 1. The first-order valence-electron chi connectivity index (χ1n) is 6.06. The molecule has 1 aliphatic heterocycles. The number of hydrogen-bond donors (Lipinski definition) is 1. The molecule has 4 nitrogen and oxygen atoms in total. The SMILES string of the molecule is O=C1COCC(CO)N1Cc1ccccc1C(F)(F)F. The number of hydrogen-bond acceptors (Lipinski definition) is 3. The number of nitrogens with zero attached hydrogens (tertiary/aromatic N) is 1. The molecule has 2 rings (SSSR count). The predicted octanol–water partition coefficient (Wildman–Crippen LogP) is 1.43. The van der Waals surface area contributed by atoms with Crippen molar-refractivity contribution in [1.29, 1.82) is 0 Å². The summed E-state index contributed by atoms with van der Waals surface area (Å²) in [7, 11) is 0. The minimum atomic E-state index is -4.47. The van der Waals surface area contributed by atoms with Crippen molar-refractivity contribution in [2.75, 3.05) is 19.8 Å². The Bertz CT molecular complexity index is 490. The largest absolute Gasteiger partial charge is 0.416 e. The lowest BCUT2D eigenvalue weighted by Crippen LogP contribution is -2.50. The van der Waals surface area contributed by atoms with Crippen molar-refractivity contribution < 1.29 is 27.8 Å². The van der Waals surface area contributed by atoms with E-state index in [-0.39, 0.29) is 31.9 Å². The number of carbonyl (C=O) groups is 1. The topological polar surface area (TPSA) is 49.8 Å². The first-order chi connectivity index (χ1) is 9.43. The van der Waals surface area contributed by atoms with Crippen LogP contribution in [0.15, 0.2) is 24.3 Å². The van der Waals surface area contributed by atoms with E-state index in [1.165, 1.54) is 23.1 Å². The van der Waals surface area contributed by atoms with E-state index in [4.69, 9.17) is 4.74 Å². The molecule has 1 aromatic carbocycles. The summed E-state index contributed by atoms with van der Waals surface area (Å²) in [6.07, 6.45) is -4.47. The third kappa shape index (κ3) is 3.10. The highest BCUT2D eigenvalue weighted by Gasteiger charge is 2.35. The van der Waals surface area contributed by atoms with Crippen LogP contribution in [-0.4, -0.2) is 41.8 Å². The second kappa shape index (κ2) is 5.80. The lowest BCUT2D eigenvalue weighted by atomic mass is 10.1. The molecule has 0 radical (unpaired) electrons. The van der Waals surface area contributed by atoms with E-state index in [1.54, 1.807) is 0 Å². The molecule has 1 aromatic rings. The number of benzene rings is 1. The quantitative estimate of drug-likeness (QED) is 0.915. The fourth-order valence-corrected chi connectivity index (χ4v) is 2.15. The van der Waals surface area contributed by atoms with Gasteiger partial charge in [-0.15, -0.1) is 0 Å². The normalized spacial score (nSPS) is 20.3. The minimum Gasteiger partial charge on any atom is -0.394 e. The van der Waals surface area contributed by atoms with Gasteiger partial charge in [-0.2, -0.15) is 13.2 Å². The molecule has 7 heteroatoms. The molecule has 1 aliphatic rings. The summed E-state index contributed by atoms with van der Waals surface area (Å²) in [6, 6.07) is 4.49. The summed E-state index contributed by atoms with van der Waals surface area (Å²) in [5, 5.41) is 9.19. The smallest absolute Gasteiger partial charge is 0.394 e. The summed E-state index contributed by atoms with van der Waals surface area (Å²) < 4.78 is 43.7. The molecule has 0 bridgehead atoms. The summed E-state index contributed by atoms with van der Waals surface area (Å²) >= 11 is 0. The van der Waals surface area contributed by atoms with E-state index in [0.29, 0.717) is 0 Å². The molecule has 1 heterocycles. The molecule has 1 N–H and O–H groups in total. The van der Waals surface area contributed by atoms with Crippen molar-refractivity contribution in [3.8, 4) is 0 Å². The zero-order valence-electron chi connectivity index (χ0n) is 10.6. The molecular weight excluding hydrogens is 275 g/mol. The Morgan fingerprint density at radius 2 is 2.05 bits per heavy atom. The Hall–Kier alpha value is -1.60. The van der Waals surface area contributed by atoms with Gasteiger partial charge in [-0.1, -0.05) is 18.2 Å². The van der Waals surface area contributed by atoms with Gasteiger partial charge >= 0.3 is 6.18 Å². The Morgan fingerprint density at radius 3 is 2.70 bits per heavy atom. The Morgan fingerprint density at radius 1 is 1.35 bits per heavy atom. The van der Waals surface area contributed by atoms with Crippen LogP contribution >= 0.6 is 0 Å².